The lowest BCUT2D eigenvalue weighted by atomic mass is 9.93. The Bertz CT molecular complexity index is 1060. The number of fused-ring (bicyclic) bond motifs is 1. The first-order chi connectivity index (χ1) is 14.3. The molecule has 3 heterocycles. The van der Waals surface area contributed by atoms with Crippen LogP contribution in [-0.4, -0.2) is 43.8 Å². The highest BCUT2D eigenvalue weighted by Gasteiger charge is 2.38. The Kier molecular flexibility index (Phi) is 5.07. The van der Waals surface area contributed by atoms with Crippen LogP contribution in [0.1, 0.15) is 25.0 Å². The molecule has 0 bridgehead atoms. The normalized spacial score (nSPS) is 19.2. The van der Waals surface area contributed by atoms with E-state index in [1.54, 1.807) is 19.4 Å². The van der Waals surface area contributed by atoms with Gasteiger partial charge in [-0.05, 0) is 50.3 Å². The highest BCUT2D eigenvalue weighted by atomic mass is 19.1. The number of rotatable bonds is 5. The van der Waals surface area contributed by atoms with Crippen molar-refractivity contribution in [1.82, 2.24) is 4.98 Å². The first-order valence-corrected chi connectivity index (χ1v) is 9.73. The molecule has 1 amide bonds. The van der Waals surface area contributed by atoms with Gasteiger partial charge >= 0.3 is 0 Å². The van der Waals surface area contributed by atoms with E-state index in [4.69, 9.17) is 9.47 Å². The SMILES string of the molecule is COCCN(C)c1ccc(C2=C/C(=C3\C(=O)Nc4cc(F)ccc43)OC2(C)C)cn1. The Balaban J connectivity index is 1.69. The fourth-order valence-corrected chi connectivity index (χ4v) is 3.72. The number of methoxy groups -OCH3 is 1. The standard InChI is InChI=1S/C23H24FN3O3/c1-23(2)17(14-5-8-20(25-13-14)27(3)9-10-29-4)12-19(30-23)21-16-7-6-15(24)11-18(16)26-22(21)28/h5-8,11-13H,9-10H2,1-4H3,(H,26,28)/b21-19+. The van der Waals surface area contributed by atoms with Crippen molar-refractivity contribution in [3.05, 3.63) is 65.3 Å². The van der Waals surface area contributed by atoms with Gasteiger partial charge in [-0.2, -0.15) is 0 Å². The van der Waals surface area contributed by atoms with Crippen LogP contribution in [0.15, 0.2) is 48.4 Å². The van der Waals surface area contributed by atoms with Crippen LogP contribution < -0.4 is 10.2 Å². The molecule has 6 nitrogen and oxygen atoms in total. The minimum absolute atomic E-state index is 0.299. The van der Waals surface area contributed by atoms with E-state index in [1.165, 1.54) is 12.1 Å². The highest BCUT2D eigenvalue weighted by Crippen LogP contribution is 2.44. The second kappa shape index (κ2) is 7.57. The van der Waals surface area contributed by atoms with Gasteiger partial charge in [0.25, 0.3) is 5.91 Å². The molecule has 156 valence electrons. The van der Waals surface area contributed by atoms with Crippen molar-refractivity contribution in [3.63, 3.8) is 0 Å². The number of amides is 1. The summed E-state index contributed by atoms with van der Waals surface area (Å²) < 4.78 is 24.8. The summed E-state index contributed by atoms with van der Waals surface area (Å²) in [6.07, 6.45) is 3.68. The Morgan fingerprint density at radius 3 is 2.77 bits per heavy atom. The van der Waals surface area contributed by atoms with E-state index in [0.29, 0.717) is 29.2 Å². The van der Waals surface area contributed by atoms with Crippen LogP contribution in [0.25, 0.3) is 11.1 Å². The van der Waals surface area contributed by atoms with Gasteiger partial charge in [-0.3, -0.25) is 4.79 Å². The van der Waals surface area contributed by atoms with E-state index < -0.39 is 11.4 Å². The predicted octanol–water partition coefficient (Wildman–Crippen LogP) is 3.86. The first kappa shape index (κ1) is 20.1. The van der Waals surface area contributed by atoms with Crippen LogP contribution in [0.4, 0.5) is 15.9 Å². The number of hydrogen-bond acceptors (Lipinski definition) is 5. The van der Waals surface area contributed by atoms with Crippen molar-refractivity contribution < 1.29 is 18.7 Å². The van der Waals surface area contributed by atoms with Gasteiger partial charge in [-0.25, -0.2) is 9.37 Å². The second-order valence-electron chi connectivity index (χ2n) is 7.87. The van der Waals surface area contributed by atoms with E-state index >= 15 is 0 Å². The van der Waals surface area contributed by atoms with Gasteiger partial charge in [0, 0.05) is 43.6 Å². The second-order valence-corrected chi connectivity index (χ2v) is 7.87. The van der Waals surface area contributed by atoms with Crippen LogP contribution in [0.5, 0.6) is 0 Å². The maximum absolute atomic E-state index is 13.5. The lowest BCUT2D eigenvalue weighted by Crippen LogP contribution is -2.23. The van der Waals surface area contributed by atoms with Crippen molar-refractivity contribution in [2.24, 2.45) is 0 Å². The van der Waals surface area contributed by atoms with E-state index in [2.05, 4.69) is 10.3 Å². The number of pyridine rings is 1. The largest absolute Gasteiger partial charge is 0.482 e. The summed E-state index contributed by atoms with van der Waals surface area (Å²) in [6.45, 7) is 5.26. The van der Waals surface area contributed by atoms with Crippen molar-refractivity contribution >= 4 is 28.6 Å². The van der Waals surface area contributed by atoms with Crippen molar-refractivity contribution in [1.29, 1.82) is 0 Å². The lowest BCUT2D eigenvalue weighted by Gasteiger charge is -2.24. The summed E-state index contributed by atoms with van der Waals surface area (Å²) >= 11 is 0. The molecule has 2 aromatic rings. The number of hydrogen-bond donors (Lipinski definition) is 1. The molecule has 0 saturated heterocycles. The smallest absolute Gasteiger partial charge is 0.260 e. The zero-order chi connectivity index (χ0) is 21.5. The number of likely N-dealkylation sites (N-methyl/N-ethyl adjacent to an activating group) is 1. The maximum Gasteiger partial charge on any atom is 0.260 e. The molecular weight excluding hydrogens is 385 g/mol. The number of aromatic nitrogens is 1. The van der Waals surface area contributed by atoms with Crippen molar-refractivity contribution in [3.8, 4) is 0 Å². The third-order valence-corrected chi connectivity index (χ3v) is 5.34. The Morgan fingerprint density at radius 1 is 1.27 bits per heavy atom. The lowest BCUT2D eigenvalue weighted by molar-refractivity contribution is -0.111. The molecular formula is C23H24FN3O3. The fourth-order valence-electron chi connectivity index (χ4n) is 3.72. The minimum Gasteiger partial charge on any atom is -0.482 e. The molecule has 1 aromatic carbocycles. The number of carbonyl (C=O) groups is 1. The van der Waals surface area contributed by atoms with Gasteiger partial charge in [-0.15, -0.1) is 0 Å². The van der Waals surface area contributed by atoms with Crippen molar-refractivity contribution in [2.45, 2.75) is 19.4 Å². The van der Waals surface area contributed by atoms with Gasteiger partial charge in [0.05, 0.1) is 17.9 Å². The molecule has 0 saturated carbocycles. The summed E-state index contributed by atoms with van der Waals surface area (Å²) in [4.78, 5) is 19.1. The number of allylic oxidation sites excluding steroid dienone is 1. The average Bonchev–Trinajstić information content (AvgIpc) is 3.20. The minimum atomic E-state index is -0.642. The zero-order valence-electron chi connectivity index (χ0n) is 17.5. The molecule has 0 radical (unpaired) electrons. The topological polar surface area (TPSA) is 63.7 Å². The Morgan fingerprint density at radius 2 is 2.07 bits per heavy atom. The molecule has 0 aliphatic carbocycles. The van der Waals surface area contributed by atoms with Crippen LogP contribution >= 0.6 is 0 Å². The zero-order valence-corrected chi connectivity index (χ0v) is 17.5. The molecule has 1 N–H and O–H groups in total. The van der Waals surface area contributed by atoms with Gasteiger partial charge in [0.15, 0.2) is 0 Å². The highest BCUT2D eigenvalue weighted by molar-refractivity contribution is 6.32. The average molecular weight is 409 g/mol. The number of benzene rings is 1. The number of nitrogens with one attached hydrogen (secondary N) is 1. The third kappa shape index (κ3) is 3.57. The van der Waals surface area contributed by atoms with Crippen LogP contribution in [0.2, 0.25) is 0 Å². The molecule has 0 spiro atoms. The molecule has 30 heavy (non-hydrogen) atoms. The van der Waals surface area contributed by atoms with E-state index in [9.17, 15) is 9.18 Å². The molecule has 7 heteroatoms. The number of halogens is 1. The molecule has 2 aliphatic heterocycles. The van der Waals surface area contributed by atoms with Gasteiger partial charge in [-0.1, -0.05) is 0 Å². The monoisotopic (exact) mass is 409 g/mol. The molecule has 4 rings (SSSR count). The quantitative estimate of drug-likeness (QED) is 0.760. The number of anilines is 2. The molecule has 0 unspecified atom stereocenters. The third-order valence-electron chi connectivity index (χ3n) is 5.34. The first-order valence-electron chi connectivity index (χ1n) is 9.73. The van der Waals surface area contributed by atoms with E-state index in [1.807, 2.05) is 44.0 Å². The number of carbonyl (C=O) groups excluding carboxylic acids is 1. The summed E-state index contributed by atoms with van der Waals surface area (Å²) in [5.74, 6) is 0.620. The van der Waals surface area contributed by atoms with Crippen LogP contribution in [-0.2, 0) is 14.3 Å². The molecule has 0 fully saturated rings. The van der Waals surface area contributed by atoms with Crippen LogP contribution in [0, 0.1) is 5.82 Å². The Labute approximate surface area is 175 Å². The Hall–Kier alpha value is -3.19. The van der Waals surface area contributed by atoms with E-state index in [-0.39, 0.29) is 5.91 Å². The summed E-state index contributed by atoms with van der Waals surface area (Å²) in [5.41, 5.74) is 2.70. The number of ether oxygens (including phenoxy) is 2. The summed E-state index contributed by atoms with van der Waals surface area (Å²) in [5, 5.41) is 2.71. The number of nitrogens with zero attached hydrogens (tertiary/aromatic N) is 2. The van der Waals surface area contributed by atoms with E-state index in [0.717, 1.165) is 23.5 Å². The maximum atomic E-state index is 13.5. The fraction of sp³-hybridized carbons (Fsp3) is 0.304. The summed E-state index contributed by atoms with van der Waals surface area (Å²) in [6, 6.07) is 8.20. The van der Waals surface area contributed by atoms with Gasteiger partial charge < -0.3 is 19.7 Å². The van der Waals surface area contributed by atoms with Gasteiger partial charge in [0.2, 0.25) is 0 Å². The molecule has 1 aromatic heterocycles. The van der Waals surface area contributed by atoms with Crippen molar-refractivity contribution in [2.75, 3.05) is 37.5 Å². The summed E-state index contributed by atoms with van der Waals surface area (Å²) in [7, 11) is 3.63. The predicted molar refractivity (Wildman–Crippen MR) is 114 cm³/mol. The molecule has 2 aliphatic rings. The molecule has 0 atom stereocenters. The van der Waals surface area contributed by atoms with Crippen LogP contribution in [0.3, 0.4) is 0 Å². The van der Waals surface area contributed by atoms with Gasteiger partial charge in [0.1, 0.15) is 23.0 Å².